The molecule has 0 fully saturated rings. The summed E-state index contributed by atoms with van der Waals surface area (Å²) in [5.74, 6) is 0.0189. The van der Waals surface area contributed by atoms with Crippen LogP contribution in [-0.4, -0.2) is 17.8 Å². The Morgan fingerprint density at radius 1 is 1.29 bits per heavy atom. The third-order valence-electron chi connectivity index (χ3n) is 3.87. The van der Waals surface area contributed by atoms with Gasteiger partial charge in [0.05, 0.1) is 11.4 Å². The largest absolute Gasteiger partial charge is 0.279 e. The van der Waals surface area contributed by atoms with Gasteiger partial charge in [0, 0.05) is 11.1 Å². The van der Waals surface area contributed by atoms with Crippen molar-refractivity contribution in [3.8, 4) is 0 Å². The lowest BCUT2D eigenvalue weighted by Gasteiger charge is -2.13. The van der Waals surface area contributed by atoms with Crippen molar-refractivity contribution >= 4 is 32.0 Å². The molecule has 0 unspecified atom stereocenters. The first-order valence-electron chi connectivity index (χ1n) is 7.92. The van der Waals surface area contributed by atoms with Gasteiger partial charge in [0.1, 0.15) is 0 Å². The van der Waals surface area contributed by atoms with Crippen LogP contribution in [0.3, 0.4) is 0 Å². The first kappa shape index (κ1) is 17.0. The molecule has 1 aromatic carbocycles. The highest BCUT2D eigenvalue weighted by Crippen LogP contribution is 2.30. The molecule has 0 amide bonds. The molecule has 2 heterocycles. The molecule has 3 rings (SSSR count). The number of anilines is 1. The maximum absolute atomic E-state index is 13.1. The Labute approximate surface area is 146 Å². The summed E-state index contributed by atoms with van der Waals surface area (Å²) < 4.78 is 30.7. The van der Waals surface area contributed by atoms with Crippen molar-refractivity contribution in [2.75, 3.05) is 4.72 Å². The van der Waals surface area contributed by atoms with E-state index in [-0.39, 0.29) is 10.9 Å². The fraction of sp³-hybridized carbons (Fsp3) is 0.353. The van der Waals surface area contributed by atoms with Gasteiger partial charge in [-0.1, -0.05) is 39.0 Å². The molecule has 1 N–H and O–H groups in total. The number of fused-ring (bicyclic) bond motifs is 1. The number of benzene rings is 1. The van der Waals surface area contributed by atoms with E-state index in [2.05, 4.69) is 9.71 Å². The van der Waals surface area contributed by atoms with E-state index in [1.165, 1.54) is 11.3 Å². The molecule has 5 nitrogen and oxygen atoms in total. The average molecular weight is 364 g/mol. The summed E-state index contributed by atoms with van der Waals surface area (Å²) in [4.78, 5) is 6.28. The molecule has 128 valence electrons. The second-order valence-corrected chi connectivity index (χ2v) is 8.88. The zero-order chi connectivity index (χ0) is 17.5. The van der Waals surface area contributed by atoms with Crippen LogP contribution in [0.5, 0.6) is 0 Å². The van der Waals surface area contributed by atoms with Gasteiger partial charge in [-0.2, -0.15) is 8.42 Å². The molecule has 7 heteroatoms. The number of hydrogen-bond donors (Lipinski definition) is 1. The van der Waals surface area contributed by atoms with Gasteiger partial charge in [0.15, 0.2) is 9.99 Å². The quantitative estimate of drug-likeness (QED) is 0.739. The number of hydrogen-bond acceptors (Lipinski definition) is 4. The van der Waals surface area contributed by atoms with Crippen molar-refractivity contribution in [2.24, 2.45) is 0 Å². The molecule has 0 saturated carbocycles. The van der Waals surface area contributed by atoms with Crippen LogP contribution in [0.4, 0.5) is 5.69 Å². The number of rotatable bonds is 5. The number of imidazole rings is 1. The van der Waals surface area contributed by atoms with Crippen LogP contribution in [0.25, 0.3) is 4.96 Å². The monoisotopic (exact) mass is 363 g/mol. The van der Waals surface area contributed by atoms with Crippen molar-refractivity contribution < 1.29 is 8.42 Å². The first-order chi connectivity index (χ1) is 11.3. The van der Waals surface area contributed by atoms with Gasteiger partial charge in [-0.25, -0.2) is 4.98 Å². The summed E-state index contributed by atoms with van der Waals surface area (Å²) in [5.41, 5.74) is 2.19. The fourth-order valence-corrected chi connectivity index (χ4v) is 5.15. The number of sulfonamides is 1. The average Bonchev–Trinajstić information content (AvgIpc) is 3.03. The summed E-state index contributed by atoms with van der Waals surface area (Å²) in [6.07, 6.45) is 2.59. The zero-order valence-electron chi connectivity index (χ0n) is 14.2. The Balaban J connectivity index is 2.15. The Bertz CT molecular complexity index is 985. The van der Waals surface area contributed by atoms with Gasteiger partial charge < -0.3 is 0 Å². The van der Waals surface area contributed by atoms with E-state index < -0.39 is 10.0 Å². The predicted octanol–water partition coefficient (Wildman–Crippen LogP) is 4.19. The number of thiazole rings is 1. The van der Waals surface area contributed by atoms with Gasteiger partial charge in [0.25, 0.3) is 10.0 Å². The molecule has 0 atom stereocenters. The Hall–Kier alpha value is -1.86. The van der Waals surface area contributed by atoms with Crippen LogP contribution < -0.4 is 4.72 Å². The lowest BCUT2D eigenvalue weighted by atomic mass is 10.1. The van der Waals surface area contributed by atoms with Crippen molar-refractivity contribution in [1.29, 1.82) is 0 Å². The molecule has 0 aliphatic carbocycles. The third-order valence-corrected chi connectivity index (χ3v) is 6.17. The lowest BCUT2D eigenvalue weighted by molar-refractivity contribution is 0.593. The molecule has 0 radical (unpaired) electrons. The van der Waals surface area contributed by atoms with E-state index in [0.717, 1.165) is 16.9 Å². The zero-order valence-corrected chi connectivity index (χ0v) is 15.8. The first-order valence-corrected chi connectivity index (χ1v) is 10.2. The number of aromatic nitrogens is 2. The second-order valence-electron chi connectivity index (χ2n) is 6.07. The van der Waals surface area contributed by atoms with E-state index in [1.54, 1.807) is 10.5 Å². The molecule has 0 aliphatic heterocycles. The standard InChI is InChI=1S/C17H21N3O2S2/c1-5-13-8-6-7-9-14(13)19-24(21,22)16-15(11(2)3)18-17-20(16)10-12(4)23-17/h6-11,19H,5H2,1-4H3. The number of para-hydroxylation sites is 1. The van der Waals surface area contributed by atoms with Gasteiger partial charge in [0.2, 0.25) is 0 Å². The van der Waals surface area contributed by atoms with Crippen LogP contribution in [0.2, 0.25) is 0 Å². The second kappa shape index (κ2) is 6.22. The van der Waals surface area contributed by atoms with Gasteiger partial charge in [-0.15, -0.1) is 11.3 Å². The minimum absolute atomic E-state index is 0.0189. The Morgan fingerprint density at radius 2 is 2.00 bits per heavy atom. The van der Waals surface area contributed by atoms with Crippen LogP contribution in [0.15, 0.2) is 35.5 Å². The predicted molar refractivity (Wildman–Crippen MR) is 98.5 cm³/mol. The van der Waals surface area contributed by atoms with Crippen molar-refractivity contribution in [3.63, 3.8) is 0 Å². The van der Waals surface area contributed by atoms with E-state index in [0.29, 0.717) is 16.3 Å². The molecule has 3 aromatic rings. The smallest absolute Gasteiger partial charge is 0.279 e. The van der Waals surface area contributed by atoms with E-state index in [4.69, 9.17) is 0 Å². The number of nitrogens with one attached hydrogen (secondary N) is 1. The summed E-state index contributed by atoms with van der Waals surface area (Å²) in [6, 6.07) is 7.47. The van der Waals surface area contributed by atoms with E-state index >= 15 is 0 Å². The van der Waals surface area contributed by atoms with Gasteiger partial charge in [-0.3, -0.25) is 9.12 Å². The van der Waals surface area contributed by atoms with Crippen LogP contribution in [0, 0.1) is 6.92 Å². The molecule has 0 saturated heterocycles. The summed E-state index contributed by atoms with van der Waals surface area (Å²) >= 11 is 1.49. The van der Waals surface area contributed by atoms with Crippen molar-refractivity contribution in [2.45, 2.75) is 45.1 Å². The van der Waals surface area contributed by atoms with Crippen molar-refractivity contribution in [3.05, 3.63) is 46.6 Å². The Kier molecular flexibility index (Phi) is 4.40. The molecule has 0 spiro atoms. The van der Waals surface area contributed by atoms with Gasteiger partial charge in [-0.05, 0) is 30.9 Å². The third kappa shape index (κ3) is 2.93. The molecule has 0 aliphatic rings. The molecular formula is C17H21N3O2S2. The highest BCUT2D eigenvalue weighted by molar-refractivity contribution is 7.92. The molecule has 2 aromatic heterocycles. The van der Waals surface area contributed by atoms with E-state index in [1.807, 2.05) is 52.1 Å². The Morgan fingerprint density at radius 3 is 2.67 bits per heavy atom. The van der Waals surface area contributed by atoms with Crippen molar-refractivity contribution in [1.82, 2.24) is 9.38 Å². The number of nitrogens with zero attached hydrogens (tertiary/aromatic N) is 2. The van der Waals surface area contributed by atoms with Gasteiger partial charge >= 0.3 is 0 Å². The SMILES string of the molecule is CCc1ccccc1NS(=O)(=O)c1c(C(C)C)nc2sc(C)cn12. The normalized spacial score (nSPS) is 12.2. The summed E-state index contributed by atoms with van der Waals surface area (Å²) in [7, 11) is -3.73. The topological polar surface area (TPSA) is 63.5 Å². The minimum atomic E-state index is -3.73. The van der Waals surface area contributed by atoms with Crippen LogP contribution in [0.1, 0.15) is 42.8 Å². The molecule has 24 heavy (non-hydrogen) atoms. The molecular weight excluding hydrogens is 342 g/mol. The van der Waals surface area contributed by atoms with Crippen LogP contribution in [-0.2, 0) is 16.4 Å². The fourth-order valence-electron chi connectivity index (χ4n) is 2.72. The minimum Gasteiger partial charge on any atom is -0.279 e. The van der Waals surface area contributed by atoms with E-state index in [9.17, 15) is 8.42 Å². The highest BCUT2D eigenvalue weighted by atomic mass is 32.2. The molecule has 0 bridgehead atoms. The lowest BCUT2D eigenvalue weighted by Crippen LogP contribution is -2.18. The maximum Gasteiger partial charge on any atom is 0.279 e. The maximum atomic E-state index is 13.1. The number of aryl methyl sites for hydroxylation is 2. The summed E-state index contributed by atoms with van der Waals surface area (Å²) in [6.45, 7) is 7.87. The van der Waals surface area contributed by atoms with Crippen LogP contribution >= 0.6 is 11.3 Å². The summed E-state index contributed by atoms with van der Waals surface area (Å²) in [5, 5.41) is 0.239. The highest BCUT2D eigenvalue weighted by Gasteiger charge is 2.28.